The molecule has 2 aromatic carbocycles. The van der Waals surface area contributed by atoms with Crippen molar-refractivity contribution in [3.8, 4) is 17.2 Å². The zero-order chi connectivity index (χ0) is 13.1. The van der Waals surface area contributed by atoms with Crippen molar-refractivity contribution >= 4 is 28.3 Å². The Bertz CT molecular complexity index is 583. The lowest BCUT2D eigenvalue weighted by Gasteiger charge is -2.07. The van der Waals surface area contributed by atoms with Crippen LogP contribution in [0.4, 0.5) is 5.69 Å². The Morgan fingerprint density at radius 1 is 1.17 bits per heavy atom. The summed E-state index contributed by atoms with van der Waals surface area (Å²) in [4.78, 5) is 10.1. The van der Waals surface area contributed by atoms with Gasteiger partial charge in [0.05, 0.1) is 8.49 Å². The molecule has 0 spiro atoms. The summed E-state index contributed by atoms with van der Waals surface area (Å²) in [7, 11) is 0. The van der Waals surface area contributed by atoms with Crippen LogP contribution in [0.1, 0.15) is 0 Å². The normalized spacial score (nSPS) is 10.1. The van der Waals surface area contributed by atoms with Crippen LogP contribution in [0, 0.1) is 13.7 Å². The van der Waals surface area contributed by atoms with Crippen molar-refractivity contribution in [3.63, 3.8) is 0 Å². The first-order chi connectivity index (χ1) is 8.56. The Labute approximate surface area is 116 Å². The van der Waals surface area contributed by atoms with Gasteiger partial charge in [-0.2, -0.15) is 0 Å². The van der Waals surface area contributed by atoms with Gasteiger partial charge in [0, 0.05) is 12.1 Å². The average molecular weight is 357 g/mol. The molecular weight excluding hydrogens is 349 g/mol. The van der Waals surface area contributed by atoms with Gasteiger partial charge in [0.1, 0.15) is 17.2 Å². The van der Waals surface area contributed by atoms with Crippen LogP contribution in [0.2, 0.25) is 0 Å². The number of aromatic hydroxyl groups is 1. The molecule has 0 amide bonds. The molecule has 2 aromatic rings. The molecule has 5 nitrogen and oxygen atoms in total. The Morgan fingerprint density at radius 2 is 1.83 bits per heavy atom. The third kappa shape index (κ3) is 2.89. The molecule has 0 unspecified atom stereocenters. The van der Waals surface area contributed by atoms with Crippen LogP contribution in [0.3, 0.4) is 0 Å². The van der Waals surface area contributed by atoms with E-state index >= 15 is 0 Å². The van der Waals surface area contributed by atoms with E-state index in [9.17, 15) is 10.1 Å². The summed E-state index contributed by atoms with van der Waals surface area (Å²) >= 11 is 1.97. The van der Waals surface area contributed by atoms with Gasteiger partial charge in [0.2, 0.25) is 0 Å². The molecule has 0 bridgehead atoms. The molecule has 0 saturated carbocycles. The summed E-state index contributed by atoms with van der Waals surface area (Å²) in [5.74, 6) is 1.24. The van der Waals surface area contributed by atoms with E-state index in [0.717, 1.165) is 0 Å². The number of nitro groups is 1. The molecule has 6 heteroatoms. The van der Waals surface area contributed by atoms with E-state index in [-0.39, 0.29) is 11.4 Å². The van der Waals surface area contributed by atoms with Crippen molar-refractivity contribution in [1.82, 2.24) is 0 Å². The predicted molar refractivity (Wildman–Crippen MR) is 74.0 cm³/mol. The van der Waals surface area contributed by atoms with E-state index in [4.69, 9.17) is 9.84 Å². The number of ether oxygens (including phenoxy) is 1. The highest BCUT2D eigenvalue weighted by Gasteiger charge is 2.10. The van der Waals surface area contributed by atoms with Gasteiger partial charge in [-0.3, -0.25) is 10.1 Å². The average Bonchev–Trinajstić information content (AvgIpc) is 2.34. The quantitative estimate of drug-likeness (QED) is 0.517. The van der Waals surface area contributed by atoms with Gasteiger partial charge in [-0.15, -0.1) is 0 Å². The fraction of sp³-hybridized carbons (Fsp3) is 0. The Hall–Kier alpha value is -1.83. The minimum absolute atomic E-state index is 0.0254. The first kappa shape index (κ1) is 12.6. The number of benzene rings is 2. The summed E-state index contributed by atoms with van der Waals surface area (Å²) in [5, 5.41) is 19.7. The third-order valence-electron chi connectivity index (χ3n) is 2.19. The van der Waals surface area contributed by atoms with Gasteiger partial charge in [-0.1, -0.05) is 0 Å². The number of halogens is 1. The van der Waals surface area contributed by atoms with Crippen molar-refractivity contribution in [2.75, 3.05) is 0 Å². The second-order valence-electron chi connectivity index (χ2n) is 3.47. The minimum Gasteiger partial charge on any atom is -0.508 e. The lowest BCUT2D eigenvalue weighted by Crippen LogP contribution is -1.91. The molecule has 0 radical (unpaired) electrons. The molecule has 0 aromatic heterocycles. The smallest absolute Gasteiger partial charge is 0.270 e. The molecule has 2 rings (SSSR count). The zero-order valence-electron chi connectivity index (χ0n) is 9.04. The maximum absolute atomic E-state index is 10.6. The number of non-ortho nitro benzene ring substituents is 1. The highest BCUT2D eigenvalue weighted by atomic mass is 127. The van der Waals surface area contributed by atoms with Crippen LogP contribution < -0.4 is 4.74 Å². The molecule has 0 aliphatic heterocycles. The summed E-state index contributed by atoms with van der Waals surface area (Å²) in [6.45, 7) is 0. The van der Waals surface area contributed by atoms with Gasteiger partial charge in [0.25, 0.3) is 5.69 Å². The van der Waals surface area contributed by atoms with Crippen molar-refractivity contribution in [2.45, 2.75) is 0 Å². The third-order valence-corrected chi connectivity index (χ3v) is 3.03. The highest BCUT2D eigenvalue weighted by molar-refractivity contribution is 14.1. The summed E-state index contributed by atoms with van der Waals surface area (Å²) < 4.78 is 6.21. The first-order valence-corrected chi connectivity index (χ1v) is 6.05. The number of phenols is 1. The van der Waals surface area contributed by atoms with Gasteiger partial charge in [-0.25, -0.2) is 0 Å². The number of hydrogen-bond acceptors (Lipinski definition) is 4. The maximum Gasteiger partial charge on any atom is 0.270 e. The van der Waals surface area contributed by atoms with Crippen molar-refractivity contribution in [1.29, 1.82) is 0 Å². The molecule has 0 saturated heterocycles. The maximum atomic E-state index is 10.6. The molecular formula is C12H8INO4. The van der Waals surface area contributed by atoms with Gasteiger partial charge in [-0.05, 0) is 52.9 Å². The number of nitro benzene ring substituents is 1. The van der Waals surface area contributed by atoms with Crippen molar-refractivity contribution < 1.29 is 14.8 Å². The highest BCUT2D eigenvalue weighted by Crippen LogP contribution is 2.30. The predicted octanol–water partition coefficient (Wildman–Crippen LogP) is 3.70. The number of rotatable bonds is 3. The largest absolute Gasteiger partial charge is 0.508 e. The molecule has 18 heavy (non-hydrogen) atoms. The standard InChI is InChI=1S/C12H8INO4/c13-11-7-8(14(16)17)1-6-12(11)18-10-4-2-9(15)3-5-10/h1-7,15H. The first-order valence-electron chi connectivity index (χ1n) is 4.97. The minimum atomic E-state index is -0.452. The fourth-order valence-corrected chi connectivity index (χ4v) is 1.94. The Morgan fingerprint density at radius 3 is 2.39 bits per heavy atom. The topological polar surface area (TPSA) is 72.6 Å². The summed E-state index contributed by atoms with van der Waals surface area (Å²) in [6.07, 6.45) is 0. The fourth-order valence-electron chi connectivity index (χ4n) is 1.33. The van der Waals surface area contributed by atoms with E-state index < -0.39 is 4.92 Å². The SMILES string of the molecule is O=[N+]([O-])c1ccc(Oc2ccc(O)cc2)c(I)c1. The van der Waals surface area contributed by atoms with E-state index in [1.54, 1.807) is 18.2 Å². The lowest BCUT2D eigenvalue weighted by atomic mass is 10.3. The van der Waals surface area contributed by atoms with Crippen molar-refractivity contribution in [2.24, 2.45) is 0 Å². The molecule has 1 N–H and O–H groups in total. The molecule has 0 atom stereocenters. The second kappa shape index (κ2) is 5.21. The number of nitrogens with zero attached hydrogens (tertiary/aromatic N) is 1. The zero-order valence-corrected chi connectivity index (χ0v) is 11.2. The van der Waals surface area contributed by atoms with Crippen LogP contribution in [0.5, 0.6) is 17.2 Å². The van der Waals surface area contributed by atoms with E-state index in [1.165, 1.54) is 24.3 Å². The summed E-state index contributed by atoms with van der Waals surface area (Å²) in [5.41, 5.74) is 0.0254. The van der Waals surface area contributed by atoms with E-state index in [2.05, 4.69) is 0 Å². The van der Waals surface area contributed by atoms with Crippen LogP contribution in [0.15, 0.2) is 42.5 Å². The Kier molecular flexibility index (Phi) is 3.66. The van der Waals surface area contributed by atoms with E-state index in [1.807, 2.05) is 22.6 Å². The molecule has 0 fully saturated rings. The summed E-state index contributed by atoms with van der Waals surface area (Å²) in [6, 6.07) is 10.6. The van der Waals surface area contributed by atoms with Gasteiger partial charge < -0.3 is 9.84 Å². The Balaban J connectivity index is 2.24. The monoisotopic (exact) mass is 357 g/mol. The molecule has 0 aliphatic carbocycles. The number of hydrogen-bond donors (Lipinski definition) is 1. The van der Waals surface area contributed by atoms with E-state index in [0.29, 0.717) is 15.1 Å². The number of phenolic OH excluding ortho intramolecular Hbond substituents is 1. The molecule has 0 heterocycles. The van der Waals surface area contributed by atoms with Crippen LogP contribution in [0.25, 0.3) is 0 Å². The van der Waals surface area contributed by atoms with Crippen LogP contribution in [-0.2, 0) is 0 Å². The van der Waals surface area contributed by atoms with Crippen LogP contribution >= 0.6 is 22.6 Å². The second-order valence-corrected chi connectivity index (χ2v) is 4.63. The van der Waals surface area contributed by atoms with Gasteiger partial charge >= 0.3 is 0 Å². The molecule has 92 valence electrons. The van der Waals surface area contributed by atoms with Crippen LogP contribution in [-0.4, -0.2) is 10.0 Å². The lowest BCUT2D eigenvalue weighted by molar-refractivity contribution is -0.385. The van der Waals surface area contributed by atoms with Gasteiger partial charge in [0.15, 0.2) is 0 Å². The van der Waals surface area contributed by atoms with Crippen molar-refractivity contribution in [3.05, 3.63) is 56.1 Å². The molecule has 0 aliphatic rings.